The normalized spacial score (nSPS) is 14.8. The molecule has 0 saturated carbocycles. The Morgan fingerprint density at radius 1 is 1.44 bits per heavy atom. The highest BCUT2D eigenvalue weighted by molar-refractivity contribution is 5.74. The lowest BCUT2D eigenvalue weighted by molar-refractivity contribution is 0.179. The van der Waals surface area contributed by atoms with Gasteiger partial charge in [0.2, 0.25) is 5.88 Å². The average Bonchev–Trinajstić information content (AvgIpc) is 2.99. The number of pyridine rings is 1. The molecule has 3 rings (SSSR count). The van der Waals surface area contributed by atoms with Crippen molar-refractivity contribution in [3.05, 3.63) is 35.5 Å². The number of urea groups is 1. The first kappa shape index (κ1) is 17.2. The maximum absolute atomic E-state index is 12.4. The molecule has 0 bridgehead atoms. The zero-order valence-corrected chi connectivity index (χ0v) is 14.9. The molecule has 1 atom stereocenters. The molecule has 0 radical (unpaired) electrons. The largest absolute Gasteiger partial charge is 0.475 e. The van der Waals surface area contributed by atoms with Gasteiger partial charge in [0.05, 0.1) is 19.2 Å². The van der Waals surface area contributed by atoms with Crippen LogP contribution in [0.15, 0.2) is 18.3 Å². The van der Waals surface area contributed by atoms with Gasteiger partial charge in [0.15, 0.2) is 0 Å². The summed E-state index contributed by atoms with van der Waals surface area (Å²) in [6, 6.07) is 3.64. The van der Waals surface area contributed by atoms with Crippen LogP contribution in [0.3, 0.4) is 0 Å². The Bertz CT molecular complexity index is 744. The van der Waals surface area contributed by atoms with Crippen molar-refractivity contribution < 1.29 is 9.53 Å². The van der Waals surface area contributed by atoms with Crippen molar-refractivity contribution in [2.45, 2.75) is 52.9 Å². The maximum Gasteiger partial charge on any atom is 0.318 e. The highest BCUT2D eigenvalue weighted by Gasteiger charge is 2.22. The molecule has 2 aromatic rings. The SMILES string of the molecule is CCC(C)Oc1cc(CNC(=O)N2CCn3nc(C)nc3C2)ccn1. The van der Waals surface area contributed by atoms with E-state index in [-0.39, 0.29) is 12.1 Å². The minimum atomic E-state index is -0.104. The molecule has 0 saturated heterocycles. The second kappa shape index (κ2) is 7.50. The van der Waals surface area contributed by atoms with E-state index in [1.54, 1.807) is 11.1 Å². The van der Waals surface area contributed by atoms with Crippen molar-refractivity contribution >= 4 is 6.03 Å². The third kappa shape index (κ3) is 4.26. The summed E-state index contributed by atoms with van der Waals surface area (Å²) in [6.07, 6.45) is 2.74. The average molecular weight is 344 g/mol. The topological polar surface area (TPSA) is 85.2 Å². The number of carbonyl (C=O) groups excluding carboxylic acids is 1. The molecule has 0 aromatic carbocycles. The van der Waals surface area contributed by atoms with E-state index in [1.165, 1.54) is 0 Å². The van der Waals surface area contributed by atoms with E-state index >= 15 is 0 Å². The Morgan fingerprint density at radius 2 is 2.28 bits per heavy atom. The standard InChI is InChI=1S/C17H24N6O2/c1-4-12(2)25-16-9-14(5-6-18-16)10-19-17(24)22-7-8-23-15(11-22)20-13(3)21-23/h5-6,9,12H,4,7-8,10-11H2,1-3H3,(H,19,24). The molecule has 1 aliphatic heterocycles. The molecular formula is C17H24N6O2. The summed E-state index contributed by atoms with van der Waals surface area (Å²) in [4.78, 5) is 22.7. The van der Waals surface area contributed by atoms with Crippen LogP contribution in [-0.4, -0.2) is 43.3 Å². The Morgan fingerprint density at radius 3 is 3.08 bits per heavy atom. The Labute approximate surface area is 147 Å². The zero-order valence-electron chi connectivity index (χ0n) is 14.9. The van der Waals surface area contributed by atoms with E-state index in [0.717, 1.165) is 23.6 Å². The van der Waals surface area contributed by atoms with Gasteiger partial charge < -0.3 is 15.0 Å². The molecule has 0 aliphatic carbocycles. The van der Waals surface area contributed by atoms with Crippen LogP contribution in [0.4, 0.5) is 4.79 Å². The summed E-state index contributed by atoms with van der Waals surface area (Å²) in [5.74, 6) is 2.15. The van der Waals surface area contributed by atoms with Crippen molar-refractivity contribution in [3.8, 4) is 5.88 Å². The highest BCUT2D eigenvalue weighted by Crippen LogP contribution is 2.13. The van der Waals surface area contributed by atoms with Gasteiger partial charge in [0.1, 0.15) is 11.6 Å². The van der Waals surface area contributed by atoms with Crippen LogP contribution in [-0.2, 0) is 19.6 Å². The number of nitrogens with zero attached hydrogens (tertiary/aromatic N) is 5. The number of hydrogen-bond donors (Lipinski definition) is 1. The second-order valence-corrected chi connectivity index (χ2v) is 6.22. The number of ether oxygens (including phenoxy) is 1. The molecule has 1 unspecified atom stereocenters. The maximum atomic E-state index is 12.4. The van der Waals surface area contributed by atoms with E-state index < -0.39 is 0 Å². The molecule has 1 aliphatic rings. The second-order valence-electron chi connectivity index (χ2n) is 6.22. The first-order valence-electron chi connectivity index (χ1n) is 8.60. The molecule has 8 heteroatoms. The lowest BCUT2D eigenvalue weighted by Gasteiger charge is -2.26. The fraction of sp³-hybridized carbons (Fsp3) is 0.529. The van der Waals surface area contributed by atoms with Crippen LogP contribution in [0.25, 0.3) is 0 Å². The summed E-state index contributed by atoms with van der Waals surface area (Å²) in [5.41, 5.74) is 0.956. The van der Waals surface area contributed by atoms with Gasteiger partial charge in [0, 0.05) is 25.4 Å². The van der Waals surface area contributed by atoms with Gasteiger partial charge in [-0.2, -0.15) is 5.10 Å². The number of rotatable bonds is 5. The Hall–Kier alpha value is -2.64. The quantitative estimate of drug-likeness (QED) is 0.895. The summed E-state index contributed by atoms with van der Waals surface area (Å²) >= 11 is 0. The van der Waals surface area contributed by atoms with Crippen molar-refractivity contribution in [1.82, 2.24) is 30.0 Å². The predicted octanol–water partition coefficient (Wildman–Crippen LogP) is 1.88. The van der Waals surface area contributed by atoms with Crippen LogP contribution in [0.1, 0.15) is 37.5 Å². The molecule has 134 valence electrons. The van der Waals surface area contributed by atoms with Crippen molar-refractivity contribution in [3.63, 3.8) is 0 Å². The first-order chi connectivity index (χ1) is 12.0. The number of carbonyl (C=O) groups is 1. The number of nitrogens with one attached hydrogen (secondary N) is 1. The lowest BCUT2D eigenvalue weighted by atomic mass is 10.2. The monoisotopic (exact) mass is 344 g/mol. The van der Waals surface area contributed by atoms with Gasteiger partial charge in [-0.1, -0.05) is 6.92 Å². The van der Waals surface area contributed by atoms with Gasteiger partial charge in [-0.05, 0) is 31.9 Å². The number of aromatic nitrogens is 4. The summed E-state index contributed by atoms with van der Waals surface area (Å²) in [6.45, 7) is 8.14. The number of aryl methyl sites for hydroxylation is 1. The molecule has 0 spiro atoms. The van der Waals surface area contributed by atoms with Crippen LogP contribution in [0.2, 0.25) is 0 Å². The fourth-order valence-electron chi connectivity index (χ4n) is 2.64. The van der Waals surface area contributed by atoms with E-state index in [1.807, 2.05) is 30.7 Å². The minimum Gasteiger partial charge on any atom is -0.475 e. The lowest BCUT2D eigenvalue weighted by Crippen LogP contribution is -2.44. The first-order valence-corrected chi connectivity index (χ1v) is 8.60. The number of fused-ring (bicyclic) bond motifs is 1. The molecule has 1 N–H and O–H groups in total. The number of amides is 2. The van der Waals surface area contributed by atoms with Gasteiger partial charge >= 0.3 is 6.03 Å². The van der Waals surface area contributed by atoms with Crippen LogP contribution in [0, 0.1) is 6.92 Å². The van der Waals surface area contributed by atoms with Gasteiger partial charge in [-0.3, -0.25) is 0 Å². The Kier molecular flexibility index (Phi) is 5.16. The van der Waals surface area contributed by atoms with Crippen LogP contribution >= 0.6 is 0 Å². The van der Waals surface area contributed by atoms with E-state index in [0.29, 0.717) is 32.1 Å². The Balaban J connectivity index is 1.55. The van der Waals surface area contributed by atoms with Gasteiger partial charge in [-0.15, -0.1) is 0 Å². The third-order valence-corrected chi connectivity index (χ3v) is 4.20. The summed E-state index contributed by atoms with van der Waals surface area (Å²) in [7, 11) is 0. The van der Waals surface area contributed by atoms with Crippen molar-refractivity contribution in [2.24, 2.45) is 0 Å². The molecule has 2 amide bonds. The van der Waals surface area contributed by atoms with E-state index in [2.05, 4.69) is 27.3 Å². The van der Waals surface area contributed by atoms with Gasteiger partial charge in [0.25, 0.3) is 0 Å². The molecule has 2 aromatic heterocycles. The molecule has 3 heterocycles. The van der Waals surface area contributed by atoms with Crippen molar-refractivity contribution in [2.75, 3.05) is 6.54 Å². The van der Waals surface area contributed by atoms with Crippen LogP contribution < -0.4 is 10.1 Å². The highest BCUT2D eigenvalue weighted by atomic mass is 16.5. The van der Waals surface area contributed by atoms with Crippen LogP contribution in [0.5, 0.6) is 5.88 Å². The van der Waals surface area contributed by atoms with Crippen molar-refractivity contribution in [1.29, 1.82) is 0 Å². The zero-order chi connectivity index (χ0) is 17.8. The summed E-state index contributed by atoms with van der Waals surface area (Å²) in [5, 5.41) is 7.25. The third-order valence-electron chi connectivity index (χ3n) is 4.20. The molecule has 25 heavy (non-hydrogen) atoms. The van der Waals surface area contributed by atoms with E-state index in [9.17, 15) is 4.79 Å². The fourth-order valence-corrected chi connectivity index (χ4v) is 2.64. The minimum absolute atomic E-state index is 0.104. The molecule has 8 nitrogen and oxygen atoms in total. The van der Waals surface area contributed by atoms with E-state index in [4.69, 9.17) is 4.74 Å². The smallest absolute Gasteiger partial charge is 0.318 e. The number of hydrogen-bond acceptors (Lipinski definition) is 5. The molecule has 0 fully saturated rings. The predicted molar refractivity (Wildman–Crippen MR) is 92.0 cm³/mol. The summed E-state index contributed by atoms with van der Waals surface area (Å²) < 4.78 is 7.58. The van der Waals surface area contributed by atoms with Gasteiger partial charge in [-0.25, -0.2) is 19.4 Å². The molecular weight excluding hydrogens is 320 g/mol.